The summed E-state index contributed by atoms with van der Waals surface area (Å²) in [6.45, 7) is 3.63. The van der Waals surface area contributed by atoms with E-state index >= 15 is 0 Å². The fraction of sp³-hybridized carbons (Fsp3) is 0.385. The van der Waals surface area contributed by atoms with Crippen molar-refractivity contribution >= 4 is 17.4 Å². The van der Waals surface area contributed by atoms with Gasteiger partial charge in [-0.1, -0.05) is 12.1 Å². The normalized spacial score (nSPS) is 21.2. The molecule has 0 spiro atoms. The first kappa shape index (κ1) is 24.0. The minimum Gasteiger partial charge on any atom is -0.507 e. The largest absolute Gasteiger partial charge is 0.507 e. The fourth-order valence-corrected chi connectivity index (χ4v) is 4.76. The number of morpholine rings is 1. The molecule has 0 aromatic heterocycles. The molecule has 10 heteroatoms. The van der Waals surface area contributed by atoms with Gasteiger partial charge in [-0.2, -0.15) is 0 Å². The number of Topliss-reactive ketones (excluding diaryl/α,β-unsaturated/α-hetero) is 1. The zero-order chi connectivity index (χ0) is 25.2. The summed E-state index contributed by atoms with van der Waals surface area (Å²) < 4.78 is 27.3. The molecule has 1 N–H and O–H groups in total. The van der Waals surface area contributed by atoms with Crippen molar-refractivity contribution in [2.24, 2.45) is 0 Å². The van der Waals surface area contributed by atoms with E-state index < -0.39 is 17.7 Å². The molecule has 1 unspecified atom stereocenters. The molecule has 190 valence electrons. The van der Waals surface area contributed by atoms with Gasteiger partial charge in [0.15, 0.2) is 11.5 Å². The highest BCUT2D eigenvalue weighted by Gasteiger charge is 2.46. The summed E-state index contributed by atoms with van der Waals surface area (Å²) >= 11 is 0. The molecule has 1 amide bonds. The van der Waals surface area contributed by atoms with E-state index in [-0.39, 0.29) is 18.1 Å². The van der Waals surface area contributed by atoms with Crippen LogP contribution in [0.2, 0.25) is 0 Å². The molecule has 0 saturated carbocycles. The van der Waals surface area contributed by atoms with E-state index in [2.05, 4.69) is 4.90 Å². The Morgan fingerprint density at radius 1 is 1.06 bits per heavy atom. The van der Waals surface area contributed by atoms with Gasteiger partial charge in [-0.15, -0.1) is 0 Å². The van der Waals surface area contributed by atoms with E-state index in [1.54, 1.807) is 36.4 Å². The number of aliphatic hydroxyl groups is 1. The highest BCUT2D eigenvalue weighted by molar-refractivity contribution is 6.46. The molecular formula is C26H28N2O8. The van der Waals surface area contributed by atoms with Crippen LogP contribution in [0, 0.1) is 0 Å². The van der Waals surface area contributed by atoms with Crippen LogP contribution < -0.4 is 18.9 Å². The third-order valence-corrected chi connectivity index (χ3v) is 6.64. The number of hydrogen-bond acceptors (Lipinski definition) is 9. The number of hydrogen-bond donors (Lipinski definition) is 1. The highest BCUT2D eigenvalue weighted by atomic mass is 16.7. The number of aliphatic hydroxyl groups excluding tert-OH is 1. The number of methoxy groups -OCH3 is 2. The summed E-state index contributed by atoms with van der Waals surface area (Å²) in [6.07, 6.45) is 0. The third-order valence-electron chi connectivity index (χ3n) is 6.64. The van der Waals surface area contributed by atoms with Crippen LogP contribution >= 0.6 is 0 Å². The lowest BCUT2D eigenvalue weighted by Crippen LogP contribution is -2.42. The van der Waals surface area contributed by atoms with Crippen LogP contribution in [-0.4, -0.2) is 87.0 Å². The average Bonchev–Trinajstić information content (AvgIpc) is 3.49. The smallest absolute Gasteiger partial charge is 0.295 e. The van der Waals surface area contributed by atoms with E-state index in [1.807, 2.05) is 0 Å². The van der Waals surface area contributed by atoms with E-state index in [9.17, 15) is 14.7 Å². The maximum atomic E-state index is 13.3. The van der Waals surface area contributed by atoms with Crippen LogP contribution in [0.15, 0.2) is 42.0 Å². The lowest BCUT2D eigenvalue weighted by molar-refractivity contribution is -0.140. The maximum absolute atomic E-state index is 13.3. The molecule has 1 atom stereocenters. The average molecular weight is 497 g/mol. The Hall–Kier alpha value is -3.76. The lowest BCUT2D eigenvalue weighted by Gasteiger charge is -2.31. The van der Waals surface area contributed by atoms with Gasteiger partial charge in [0.25, 0.3) is 11.7 Å². The molecule has 5 rings (SSSR count). The van der Waals surface area contributed by atoms with Gasteiger partial charge in [0.05, 0.1) is 39.0 Å². The third kappa shape index (κ3) is 4.33. The molecule has 3 aliphatic rings. The second-order valence-corrected chi connectivity index (χ2v) is 8.64. The molecule has 36 heavy (non-hydrogen) atoms. The molecule has 3 aliphatic heterocycles. The van der Waals surface area contributed by atoms with Gasteiger partial charge in [-0.3, -0.25) is 14.5 Å². The van der Waals surface area contributed by atoms with E-state index in [4.69, 9.17) is 23.7 Å². The first-order valence-corrected chi connectivity index (χ1v) is 11.7. The SMILES string of the molecule is COc1cccc(C(O)=C2C(=O)C(=O)N(CCN3CCOCC3)C2c2cc(OC)c3c(c2)OCO3)c1. The zero-order valence-corrected chi connectivity index (χ0v) is 20.2. The maximum Gasteiger partial charge on any atom is 0.295 e. The van der Waals surface area contributed by atoms with Crippen molar-refractivity contribution in [1.29, 1.82) is 0 Å². The second-order valence-electron chi connectivity index (χ2n) is 8.64. The number of rotatable bonds is 7. The van der Waals surface area contributed by atoms with Gasteiger partial charge in [-0.25, -0.2) is 0 Å². The molecule has 10 nitrogen and oxygen atoms in total. The van der Waals surface area contributed by atoms with Crippen molar-refractivity contribution in [2.45, 2.75) is 6.04 Å². The number of amides is 1. The van der Waals surface area contributed by atoms with Crippen molar-refractivity contribution in [3.8, 4) is 23.0 Å². The first-order chi connectivity index (χ1) is 17.5. The van der Waals surface area contributed by atoms with Crippen molar-refractivity contribution in [3.63, 3.8) is 0 Å². The molecule has 0 bridgehead atoms. The monoisotopic (exact) mass is 496 g/mol. The van der Waals surface area contributed by atoms with Crippen LogP contribution in [0.4, 0.5) is 0 Å². The van der Waals surface area contributed by atoms with Crippen LogP contribution in [0.5, 0.6) is 23.0 Å². The van der Waals surface area contributed by atoms with Gasteiger partial charge in [-0.05, 0) is 29.8 Å². The van der Waals surface area contributed by atoms with Crippen LogP contribution in [-0.2, 0) is 14.3 Å². The van der Waals surface area contributed by atoms with Crippen molar-refractivity contribution in [2.75, 3.05) is 60.4 Å². The number of carbonyl (C=O) groups excluding carboxylic acids is 2. The fourth-order valence-electron chi connectivity index (χ4n) is 4.76. The molecular weight excluding hydrogens is 468 g/mol. The Labute approximate surface area is 208 Å². The van der Waals surface area contributed by atoms with Gasteiger partial charge in [0.1, 0.15) is 11.5 Å². The van der Waals surface area contributed by atoms with Crippen LogP contribution in [0.1, 0.15) is 17.2 Å². The molecule has 0 radical (unpaired) electrons. The molecule has 2 saturated heterocycles. The molecule has 2 fully saturated rings. The minimum absolute atomic E-state index is 0.00357. The Morgan fingerprint density at radius 3 is 2.61 bits per heavy atom. The molecule has 2 aromatic rings. The second kappa shape index (κ2) is 10.1. The van der Waals surface area contributed by atoms with Gasteiger partial charge < -0.3 is 33.7 Å². The van der Waals surface area contributed by atoms with Crippen molar-refractivity contribution < 1.29 is 38.4 Å². The standard InChI is InChI=1S/C26H28N2O8/c1-32-18-5-3-4-16(12-18)23(29)21-22(17-13-19(33-2)25-20(14-17)35-15-36-25)28(26(31)24(21)30)7-6-27-8-10-34-11-9-27/h3-5,12-14,22,29H,6-11,15H2,1-2H3. The van der Waals surface area contributed by atoms with Gasteiger partial charge in [0, 0.05) is 31.7 Å². The van der Waals surface area contributed by atoms with E-state index in [1.165, 1.54) is 19.1 Å². The Kier molecular flexibility index (Phi) is 6.71. The lowest BCUT2D eigenvalue weighted by atomic mass is 9.94. The summed E-state index contributed by atoms with van der Waals surface area (Å²) in [5.74, 6) is 0.141. The topological polar surface area (TPSA) is 107 Å². The predicted octanol–water partition coefficient (Wildman–Crippen LogP) is 2.19. The zero-order valence-electron chi connectivity index (χ0n) is 20.2. The summed E-state index contributed by atoms with van der Waals surface area (Å²) in [7, 11) is 3.02. The Bertz CT molecular complexity index is 1200. The summed E-state index contributed by atoms with van der Waals surface area (Å²) in [5, 5.41) is 11.3. The number of fused-ring (bicyclic) bond motifs is 1. The van der Waals surface area contributed by atoms with Gasteiger partial charge >= 0.3 is 0 Å². The molecule has 2 aromatic carbocycles. The highest BCUT2D eigenvalue weighted by Crippen LogP contribution is 2.47. The van der Waals surface area contributed by atoms with Gasteiger partial charge in [0.2, 0.25) is 12.5 Å². The molecule has 3 heterocycles. The van der Waals surface area contributed by atoms with Crippen molar-refractivity contribution in [1.82, 2.24) is 9.80 Å². The number of nitrogens with zero attached hydrogens (tertiary/aromatic N) is 2. The number of ether oxygens (including phenoxy) is 5. The Balaban J connectivity index is 1.60. The number of carbonyl (C=O) groups is 2. The Morgan fingerprint density at radius 2 is 1.86 bits per heavy atom. The number of ketones is 1. The summed E-state index contributed by atoms with van der Waals surface area (Å²) in [5.41, 5.74) is 0.941. The summed E-state index contributed by atoms with van der Waals surface area (Å²) in [4.78, 5) is 30.3. The predicted molar refractivity (Wildman–Crippen MR) is 128 cm³/mol. The van der Waals surface area contributed by atoms with Crippen LogP contribution in [0.25, 0.3) is 5.76 Å². The van der Waals surface area contributed by atoms with Crippen molar-refractivity contribution in [3.05, 3.63) is 53.1 Å². The van der Waals surface area contributed by atoms with Crippen LogP contribution in [0.3, 0.4) is 0 Å². The quantitative estimate of drug-likeness (QED) is 0.351. The first-order valence-electron chi connectivity index (χ1n) is 11.7. The number of benzene rings is 2. The van der Waals surface area contributed by atoms with E-state index in [0.29, 0.717) is 60.4 Å². The minimum atomic E-state index is -0.847. The van der Waals surface area contributed by atoms with E-state index in [0.717, 1.165) is 13.1 Å². The summed E-state index contributed by atoms with van der Waals surface area (Å²) in [6, 6.07) is 9.32. The molecule has 0 aliphatic carbocycles. The number of likely N-dealkylation sites (tertiary alicyclic amines) is 1.